The van der Waals surface area contributed by atoms with Gasteiger partial charge in [-0.05, 0) is 51.4 Å². The van der Waals surface area contributed by atoms with Gasteiger partial charge >= 0.3 is 0 Å². The van der Waals surface area contributed by atoms with Crippen molar-refractivity contribution in [1.29, 1.82) is 0 Å². The first kappa shape index (κ1) is 14.3. The van der Waals surface area contributed by atoms with Crippen LogP contribution in [0.5, 0.6) is 5.75 Å². The second kappa shape index (κ2) is 5.88. The minimum absolute atomic E-state index is 0.0574. The lowest BCUT2D eigenvalue weighted by molar-refractivity contribution is 0.0973. The van der Waals surface area contributed by atoms with Crippen LogP contribution in [-0.2, 0) is 0 Å². The zero-order valence-electron chi connectivity index (χ0n) is 12.2. The van der Waals surface area contributed by atoms with Crippen molar-refractivity contribution in [3.8, 4) is 5.75 Å². The highest BCUT2D eigenvalue weighted by atomic mass is 16.5. The first-order valence-electron chi connectivity index (χ1n) is 7.13. The van der Waals surface area contributed by atoms with Gasteiger partial charge in [-0.3, -0.25) is 9.88 Å². The molecule has 1 aliphatic heterocycles. The molecule has 0 radical (unpaired) electrons. The van der Waals surface area contributed by atoms with Gasteiger partial charge in [0.1, 0.15) is 11.4 Å². The molecule has 1 aromatic rings. The molecule has 4 heteroatoms. The minimum Gasteiger partial charge on any atom is -0.495 e. The Morgan fingerprint density at radius 1 is 1.47 bits per heavy atom. The monoisotopic (exact) mass is 263 g/mol. The van der Waals surface area contributed by atoms with Crippen molar-refractivity contribution in [1.82, 2.24) is 9.88 Å². The standard InChI is InChI=1S/C15H25N3O/c1-4-15(2,18-10-5-6-11-18)14(16)13-12(19-3)8-7-9-17-13/h7-9,14H,4-6,10-11,16H2,1-3H3. The van der Waals surface area contributed by atoms with E-state index < -0.39 is 0 Å². The highest BCUT2D eigenvalue weighted by molar-refractivity contribution is 5.31. The van der Waals surface area contributed by atoms with E-state index in [0.717, 1.165) is 31.0 Å². The molecule has 1 aromatic heterocycles. The Balaban J connectivity index is 2.31. The Morgan fingerprint density at radius 2 is 2.16 bits per heavy atom. The molecule has 0 amide bonds. The number of hydrogen-bond donors (Lipinski definition) is 1. The molecule has 2 rings (SSSR count). The van der Waals surface area contributed by atoms with Gasteiger partial charge in [0.25, 0.3) is 0 Å². The van der Waals surface area contributed by atoms with Gasteiger partial charge in [-0.15, -0.1) is 0 Å². The summed E-state index contributed by atoms with van der Waals surface area (Å²) in [6.07, 6.45) is 5.33. The first-order chi connectivity index (χ1) is 9.13. The van der Waals surface area contributed by atoms with Gasteiger partial charge in [0.15, 0.2) is 0 Å². The fourth-order valence-corrected chi connectivity index (χ4v) is 2.97. The van der Waals surface area contributed by atoms with Crippen molar-refractivity contribution in [2.24, 2.45) is 5.73 Å². The molecule has 2 N–H and O–H groups in total. The first-order valence-corrected chi connectivity index (χ1v) is 7.13. The van der Waals surface area contributed by atoms with Crippen molar-refractivity contribution in [3.05, 3.63) is 24.0 Å². The minimum atomic E-state index is -0.133. The van der Waals surface area contributed by atoms with Crippen LogP contribution in [0.25, 0.3) is 0 Å². The van der Waals surface area contributed by atoms with E-state index in [9.17, 15) is 0 Å². The molecule has 1 aliphatic rings. The van der Waals surface area contributed by atoms with Gasteiger partial charge in [-0.25, -0.2) is 0 Å². The van der Waals surface area contributed by atoms with Crippen molar-refractivity contribution in [2.75, 3.05) is 20.2 Å². The zero-order valence-corrected chi connectivity index (χ0v) is 12.2. The van der Waals surface area contributed by atoms with E-state index in [-0.39, 0.29) is 11.6 Å². The van der Waals surface area contributed by atoms with E-state index in [1.54, 1.807) is 13.3 Å². The molecule has 0 spiro atoms. The summed E-state index contributed by atoms with van der Waals surface area (Å²) in [5, 5.41) is 0. The molecule has 19 heavy (non-hydrogen) atoms. The summed E-state index contributed by atoms with van der Waals surface area (Å²) in [6, 6.07) is 3.68. The summed E-state index contributed by atoms with van der Waals surface area (Å²) in [5.74, 6) is 0.786. The fourth-order valence-electron chi connectivity index (χ4n) is 2.97. The van der Waals surface area contributed by atoms with Gasteiger partial charge < -0.3 is 10.5 Å². The van der Waals surface area contributed by atoms with Crippen LogP contribution in [0.3, 0.4) is 0 Å². The quantitative estimate of drug-likeness (QED) is 0.886. The summed E-state index contributed by atoms with van der Waals surface area (Å²) in [7, 11) is 1.67. The van der Waals surface area contributed by atoms with Gasteiger partial charge in [0.2, 0.25) is 0 Å². The number of methoxy groups -OCH3 is 1. The summed E-state index contributed by atoms with van der Waals surface area (Å²) < 4.78 is 5.41. The van der Waals surface area contributed by atoms with Crippen LogP contribution in [0.4, 0.5) is 0 Å². The van der Waals surface area contributed by atoms with Crippen LogP contribution in [-0.4, -0.2) is 35.6 Å². The Labute approximate surface area is 116 Å². The normalized spacial score (nSPS) is 21.1. The maximum atomic E-state index is 6.56. The summed E-state index contributed by atoms with van der Waals surface area (Å²) in [4.78, 5) is 6.96. The van der Waals surface area contributed by atoms with Gasteiger partial charge in [0, 0.05) is 11.7 Å². The van der Waals surface area contributed by atoms with Gasteiger partial charge in [-0.1, -0.05) is 6.92 Å². The van der Waals surface area contributed by atoms with E-state index in [1.165, 1.54) is 12.8 Å². The third-order valence-electron chi connectivity index (χ3n) is 4.53. The van der Waals surface area contributed by atoms with Gasteiger partial charge in [0.05, 0.1) is 13.2 Å². The van der Waals surface area contributed by atoms with E-state index in [1.807, 2.05) is 12.1 Å². The molecule has 0 aliphatic carbocycles. The van der Waals surface area contributed by atoms with E-state index in [2.05, 4.69) is 23.7 Å². The smallest absolute Gasteiger partial charge is 0.142 e. The number of likely N-dealkylation sites (tertiary alicyclic amines) is 1. The van der Waals surface area contributed by atoms with Crippen LogP contribution in [0.2, 0.25) is 0 Å². The Bertz CT molecular complexity index is 418. The lowest BCUT2D eigenvalue weighted by Crippen LogP contribution is -2.52. The molecule has 0 saturated carbocycles. The van der Waals surface area contributed by atoms with Crippen molar-refractivity contribution < 1.29 is 4.74 Å². The third-order valence-corrected chi connectivity index (χ3v) is 4.53. The van der Waals surface area contributed by atoms with Crippen LogP contribution in [0.1, 0.15) is 44.8 Å². The van der Waals surface area contributed by atoms with Crippen LogP contribution in [0.15, 0.2) is 18.3 Å². The number of aromatic nitrogens is 1. The second-order valence-electron chi connectivity index (χ2n) is 5.47. The zero-order chi connectivity index (χ0) is 13.9. The topological polar surface area (TPSA) is 51.4 Å². The molecule has 0 bridgehead atoms. The molecule has 106 valence electrons. The van der Waals surface area contributed by atoms with Crippen molar-refractivity contribution in [2.45, 2.75) is 44.7 Å². The van der Waals surface area contributed by atoms with E-state index in [0.29, 0.717) is 0 Å². The van der Waals surface area contributed by atoms with Crippen molar-refractivity contribution >= 4 is 0 Å². The maximum Gasteiger partial charge on any atom is 0.142 e. The number of hydrogen-bond acceptors (Lipinski definition) is 4. The average Bonchev–Trinajstić information content (AvgIpc) is 3.00. The molecule has 0 aromatic carbocycles. The third kappa shape index (κ3) is 2.60. The summed E-state index contributed by atoms with van der Waals surface area (Å²) >= 11 is 0. The number of nitrogens with two attached hydrogens (primary N) is 1. The second-order valence-corrected chi connectivity index (χ2v) is 5.47. The Morgan fingerprint density at radius 3 is 2.74 bits per heavy atom. The highest BCUT2D eigenvalue weighted by Gasteiger charge is 2.40. The molecular formula is C15H25N3O. The molecule has 1 saturated heterocycles. The highest BCUT2D eigenvalue weighted by Crippen LogP contribution is 2.36. The molecule has 1 fully saturated rings. The molecule has 2 unspecified atom stereocenters. The SMILES string of the molecule is CCC(C)(C(N)c1ncccc1OC)N1CCCC1. The lowest BCUT2D eigenvalue weighted by atomic mass is 9.85. The largest absolute Gasteiger partial charge is 0.495 e. The Hall–Kier alpha value is -1.13. The summed E-state index contributed by atoms with van der Waals surface area (Å²) in [5.41, 5.74) is 7.36. The molecule has 2 atom stereocenters. The lowest BCUT2D eigenvalue weighted by Gasteiger charge is -2.42. The Kier molecular flexibility index (Phi) is 4.42. The number of nitrogens with zero attached hydrogens (tertiary/aromatic N) is 2. The van der Waals surface area contributed by atoms with E-state index >= 15 is 0 Å². The maximum absolute atomic E-state index is 6.56. The fraction of sp³-hybridized carbons (Fsp3) is 0.667. The summed E-state index contributed by atoms with van der Waals surface area (Å²) in [6.45, 7) is 6.71. The molecule has 2 heterocycles. The number of pyridine rings is 1. The van der Waals surface area contributed by atoms with Gasteiger partial charge in [-0.2, -0.15) is 0 Å². The molecular weight excluding hydrogens is 238 g/mol. The van der Waals surface area contributed by atoms with Crippen LogP contribution in [0, 0.1) is 0 Å². The molecule has 4 nitrogen and oxygen atoms in total. The predicted octanol–water partition coefficient (Wildman–Crippen LogP) is 2.35. The number of rotatable bonds is 5. The van der Waals surface area contributed by atoms with Crippen LogP contribution >= 0.6 is 0 Å². The van der Waals surface area contributed by atoms with Crippen LogP contribution < -0.4 is 10.5 Å². The number of ether oxygens (including phenoxy) is 1. The predicted molar refractivity (Wildman–Crippen MR) is 77.2 cm³/mol. The van der Waals surface area contributed by atoms with Crippen molar-refractivity contribution in [3.63, 3.8) is 0 Å². The van der Waals surface area contributed by atoms with E-state index in [4.69, 9.17) is 10.5 Å². The average molecular weight is 263 g/mol.